The van der Waals surface area contributed by atoms with Crippen molar-refractivity contribution >= 4 is 0 Å². The predicted octanol–water partition coefficient (Wildman–Crippen LogP) is -0.468. The number of hydrogen-bond acceptors (Lipinski definition) is 4. The first-order valence-corrected chi connectivity index (χ1v) is 4.04. The van der Waals surface area contributed by atoms with Crippen molar-refractivity contribution < 1.29 is 19.7 Å². The van der Waals surface area contributed by atoms with Crippen molar-refractivity contribution in [3.63, 3.8) is 0 Å². The van der Waals surface area contributed by atoms with E-state index in [0.717, 1.165) is 0 Å². The zero-order valence-electron chi connectivity index (χ0n) is 7.65. The van der Waals surface area contributed by atoms with E-state index in [2.05, 4.69) is 0 Å². The van der Waals surface area contributed by atoms with Crippen LogP contribution >= 0.6 is 0 Å². The summed E-state index contributed by atoms with van der Waals surface area (Å²) >= 11 is 0. The van der Waals surface area contributed by atoms with Crippen LogP contribution < -0.4 is 0 Å². The lowest BCUT2D eigenvalue weighted by Gasteiger charge is -2.25. The molecule has 1 rings (SSSR count). The highest BCUT2D eigenvalue weighted by Gasteiger charge is 2.49. The van der Waals surface area contributed by atoms with Crippen LogP contribution in [0.15, 0.2) is 0 Å². The van der Waals surface area contributed by atoms with E-state index in [9.17, 15) is 5.11 Å². The third-order valence-corrected chi connectivity index (χ3v) is 2.44. The maximum absolute atomic E-state index is 9.67. The molecule has 0 saturated carbocycles. The SMILES string of the molecule is COC1C(C)O[C@](C)(CO)C1O. The van der Waals surface area contributed by atoms with E-state index in [1.807, 2.05) is 6.92 Å². The van der Waals surface area contributed by atoms with Gasteiger partial charge < -0.3 is 19.7 Å². The molecule has 4 heteroatoms. The van der Waals surface area contributed by atoms with Crippen LogP contribution in [0.25, 0.3) is 0 Å². The zero-order valence-corrected chi connectivity index (χ0v) is 7.65. The van der Waals surface area contributed by atoms with Gasteiger partial charge in [-0.3, -0.25) is 0 Å². The summed E-state index contributed by atoms with van der Waals surface area (Å²) in [4.78, 5) is 0. The third kappa shape index (κ3) is 1.35. The molecule has 0 aromatic rings. The van der Waals surface area contributed by atoms with Gasteiger partial charge in [0.15, 0.2) is 0 Å². The van der Waals surface area contributed by atoms with Gasteiger partial charge in [0.2, 0.25) is 0 Å². The fourth-order valence-electron chi connectivity index (χ4n) is 1.62. The van der Waals surface area contributed by atoms with E-state index in [1.165, 1.54) is 7.11 Å². The van der Waals surface area contributed by atoms with Crippen LogP contribution in [0.1, 0.15) is 13.8 Å². The Bertz CT molecular complexity index is 161. The summed E-state index contributed by atoms with van der Waals surface area (Å²) in [7, 11) is 1.52. The Morgan fingerprint density at radius 2 is 2.17 bits per heavy atom. The normalized spacial score (nSPS) is 48.2. The molecule has 4 atom stereocenters. The summed E-state index contributed by atoms with van der Waals surface area (Å²) in [5, 5.41) is 18.7. The number of methoxy groups -OCH3 is 1. The van der Waals surface area contributed by atoms with Crippen LogP contribution in [0.5, 0.6) is 0 Å². The van der Waals surface area contributed by atoms with Crippen molar-refractivity contribution in [3.8, 4) is 0 Å². The van der Waals surface area contributed by atoms with Crippen molar-refractivity contribution in [2.24, 2.45) is 0 Å². The summed E-state index contributed by atoms with van der Waals surface area (Å²) in [6, 6.07) is 0. The fraction of sp³-hybridized carbons (Fsp3) is 1.00. The molecule has 1 fully saturated rings. The Morgan fingerprint density at radius 3 is 2.42 bits per heavy atom. The standard InChI is InChI=1S/C8H16O4/c1-5-6(11-3)7(10)8(2,4-9)12-5/h5-7,9-10H,4H2,1-3H3/t5?,6?,7?,8-/m1/s1. The smallest absolute Gasteiger partial charge is 0.117 e. The molecule has 1 heterocycles. The lowest BCUT2D eigenvalue weighted by atomic mass is 9.98. The first kappa shape index (κ1) is 9.92. The van der Waals surface area contributed by atoms with E-state index in [1.54, 1.807) is 6.92 Å². The number of rotatable bonds is 2. The highest BCUT2D eigenvalue weighted by molar-refractivity contribution is 4.98. The third-order valence-electron chi connectivity index (χ3n) is 2.44. The molecule has 0 radical (unpaired) electrons. The Kier molecular flexibility index (Phi) is 2.73. The second kappa shape index (κ2) is 3.30. The number of ether oxygens (including phenoxy) is 2. The molecule has 1 aliphatic heterocycles. The molecular weight excluding hydrogens is 160 g/mol. The van der Waals surface area contributed by atoms with Gasteiger partial charge in [-0.15, -0.1) is 0 Å². The second-order valence-corrected chi connectivity index (χ2v) is 3.44. The molecule has 1 saturated heterocycles. The zero-order chi connectivity index (χ0) is 9.35. The molecule has 2 N–H and O–H groups in total. The molecule has 0 aromatic heterocycles. The van der Waals surface area contributed by atoms with Gasteiger partial charge in [0, 0.05) is 7.11 Å². The molecule has 0 aromatic carbocycles. The quantitative estimate of drug-likeness (QED) is 0.597. The topological polar surface area (TPSA) is 58.9 Å². The van der Waals surface area contributed by atoms with E-state index in [4.69, 9.17) is 14.6 Å². The van der Waals surface area contributed by atoms with Crippen LogP contribution in [0, 0.1) is 0 Å². The average molecular weight is 176 g/mol. The molecular formula is C8H16O4. The lowest BCUT2D eigenvalue weighted by molar-refractivity contribution is -0.0953. The summed E-state index contributed by atoms with van der Waals surface area (Å²) in [5.41, 5.74) is -0.875. The van der Waals surface area contributed by atoms with E-state index in [0.29, 0.717) is 0 Å². The van der Waals surface area contributed by atoms with E-state index in [-0.39, 0.29) is 18.8 Å². The minimum Gasteiger partial charge on any atom is -0.393 e. The van der Waals surface area contributed by atoms with Gasteiger partial charge in [0.1, 0.15) is 17.8 Å². The Balaban J connectivity index is 2.74. The molecule has 72 valence electrons. The molecule has 3 unspecified atom stereocenters. The van der Waals surface area contributed by atoms with Crippen LogP contribution in [-0.2, 0) is 9.47 Å². The fourth-order valence-corrected chi connectivity index (χ4v) is 1.62. The average Bonchev–Trinajstić information content (AvgIpc) is 2.25. The van der Waals surface area contributed by atoms with Gasteiger partial charge in [0.05, 0.1) is 12.7 Å². The Morgan fingerprint density at radius 1 is 1.58 bits per heavy atom. The molecule has 12 heavy (non-hydrogen) atoms. The van der Waals surface area contributed by atoms with E-state index < -0.39 is 11.7 Å². The van der Waals surface area contributed by atoms with Gasteiger partial charge in [-0.25, -0.2) is 0 Å². The second-order valence-electron chi connectivity index (χ2n) is 3.44. The summed E-state index contributed by atoms with van der Waals surface area (Å²) < 4.78 is 10.4. The Hall–Kier alpha value is -0.160. The molecule has 0 bridgehead atoms. The number of aliphatic hydroxyl groups excluding tert-OH is 2. The lowest BCUT2D eigenvalue weighted by Crippen LogP contribution is -2.44. The van der Waals surface area contributed by atoms with Gasteiger partial charge >= 0.3 is 0 Å². The van der Waals surface area contributed by atoms with Gasteiger partial charge in [-0.05, 0) is 13.8 Å². The van der Waals surface area contributed by atoms with Crippen LogP contribution in [0.4, 0.5) is 0 Å². The highest BCUT2D eigenvalue weighted by atomic mass is 16.6. The molecule has 0 amide bonds. The maximum Gasteiger partial charge on any atom is 0.117 e. The Labute approximate surface area is 72.1 Å². The van der Waals surface area contributed by atoms with Gasteiger partial charge in [-0.1, -0.05) is 0 Å². The van der Waals surface area contributed by atoms with Crippen LogP contribution in [-0.4, -0.2) is 47.8 Å². The molecule has 4 nitrogen and oxygen atoms in total. The van der Waals surface area contributed by atoms with Crippen molar-refractivity contribution in [3.05, 3.63) is 0 Å². The van der Waals surface area contributed by atoms with Crippen molar-refractivity contribution in [1.29, 1.82) is 0 Å². The number of aliphatic hydroxyl groups is 2. The molecule has 1 aliphatic rings. The first-order chi connectivity index (χ1) is 5.55. The summed E-state index contributed by atoms with van der Waals surface area (Å²) in [6.45, 7) is 3.30. The largest absolute Gasteiger partial charge is 0.393 e. The van der Waals surface area contributed by atoms with Crippen molar-refractivity contribution in [1.82, 2.24) is 0 Å². The van der Waals surface area contributed by atoms with Crippen molar-refractivity contribution in [2.45, 2.75) is 37.8 Å². The highest BCUT2D eigenvalue weighted by Crippen LogP contribution is 2.31. The van der Waals surface area contributed by atoms with Crippen molar-refractivity contribution in [2.75, 3.05) is 13.7 Å². The first-order valence-electron chi connectivity index (χ1n) is 4.04. The van der Waals surface area contributed by atoms with Gasteiger partial charge in [-0.2, -0.15) is 0 Å². The molecule has 0 spiro atoms. The minimum atomic E-state index is -0.875. The monoisotopic (exact) mass is 176 g/mol. The molecule has 0 aliphatic carbocycles. The predicted molar refractivity (Wildman–Crippen MR) is 42.8 cm³/mol. The summed E-state index contributed by atoms with van der Waals surface area (Å²) in [5.74, 6) is 0. The minimum absolute atomic E-state index is 0.179. The van der Waals surface area contributed by atoms with Crippen LogP contribution in [0.2, 0.25) is 0 Å². The van der Waals surface area contributed by atoms with E-state index >= 15 is 0 Å². The number of hydrogen-bond donors (Lipinski definition) is 2. The maximum atomic E-state index is 9.67. The van der Waals surface area contributed by atoms with Crippen LogP contribution in [0.3, 0.4) is 0 Å². The van der Waals surface area contributed by atoms with Gasteiger partial charge in [0.25, 0.3) is 0 Å². The summed E-state index contributed by atoms with van der Waals surface area (Å²) in [6.07, 6.45) is -1.29.